The Balaban J connectivity index is 1.92. The number of methoxy groups -OCH3 is 1. The van der Waals surface area contributed by atoms with Crippen LogP contribution in [0.5, 0.6) is 5.75 Å². The lowest BCUT2D eigenvalue weighted by Gasteiger charge is -2.06. The van der Waals surface area contributed by atoms with E-state index in [-0.39, 0.29) is 18.0 Å². The summed E-state index contributed by atoms with van der Waals surface area (Å²) in [5.41, 5.74) is 1.36. The molecular formula is C16H16N2O4. The molecule has 0 unspecified atom stereocenters. The largest absolute Gasteiger partial charge is 0.497 e. The zero-order valence-corrected chi connectivity index (χ0v) is 12.1. The Morgan fingerprint density at radius 3 is 2.73 bits per heavy atom. The van der Waals surface area contributed by atoms with Crippen molar-refractivity contribution in [1.82, 2.24) is 0 Å². The van der Waals surface area contributed by atoms with Gasteiger partial charge in [0.25, 0.3) is 5.69 Å². The van der Waals surface area contributed by atoms with Crippen molar-refractivity contribution in [3.05, 3.63) is 64.2 Å². The number of non-ortho nitro benzene ring substituents is 1. The Kier molecular flexibility index (Phi) is 5.08. The SMILES string of the molecule is COc1cccc(CCC(=O)Nc2cccc([N+](=O)[O-])c2)c1. The summed E-state index contributed by atoms with van der Waals surface area (Å²) in [6, 6.07) is 13.4. The van der Waals surface area contributed by atoms with Gasteiger partial charge in [0.2, 0.25) is 5.91 Å². The summed E-state index contributed by atoms with van der Waals surface area (Å²) in [5.74, 6) is 0.555. The molecule has 2 rings (SSSR count). The summed E-state index contributed by atoms with van der Waals surface area (Å²) < 4.78 is 5.13. The van der Waals surface area contributed by atoms with Gasteiger partial charge in [0.1, 0.15) is 5.75 Å². The zero-order valence-electron chi connectivity index (χ0n) is 12.1. The van der Waals surface area contributed by atoms with Crippen LogP contribution in [0.3, 0.4) is 0 Å². The van der Waals surface area contributed by atoms with Crippen LogP contribution in [0.4, 0.5) is 11.4 Å². The molecule has 0 aromatic heterocycles. The number of amides is 1. The highest BCUT2D eigenvalue weighted by Crippen LogP contribution is 2.18. The standard InChI is InChI=1S/C16H16N2O4/c1-22-15-7-2-4-12(10-15)8-9-16(19)17-13-5-3-6-14(11-13)18(20)21/h2-7,10-11H,8-9H2,1H3,(H,17,19). The first kappa shape index (κ1) is 15.5. The number of hydrogen-bond acceptors (Lipinski definition) is 4. The van der Waals surface area contributed by atoms with Gasteiger partial charge in [-0.05, 0) is 30.2 Å². The Morgan fingerprint density at radius 2 is 2.00 bits per heavy atom. The average Bonchev–Trinajstić information content (AvgIpc) is 2.53. The molecule has 0 radical (unpaired) electrons. The monoisotopic (exact) mass is 300 g/mol. The van der Waals surface area contributed by atoms with Crippen LogP contribution in [0.25, 0.3) is 0 Å². The summed E-state index contributed by atoms with van der Waals surface area (Å²) in [4.78, 5) is 22.1. The number of benzene rings is 2. The van der Waals surface area contributed by atoms with Gasteiger partial charge in [0.15, 0.2) is 0 Å². The van der Waals surface area contributed by atoms with E-state index in [1.54, 1.807) is 13.2 Å². The number of hydrogen-bond donors (Lipinski definition) is 1. The topological polar surface area (TPSA) is 81.5 Å². The molecule has 0 heterocycles. The maximum absolute atomic E-state index is 11.9. The average molecular weight is 300 g/mol. The van der Waals surface area contributed by atoms with Crippen LogP contribution in [0.15, 0.2) is 48.5 Å². The molecule has 6 heteroatoms. The second-order valence-electron chi connectivity index (χ2n) is 4.71. The van der Waals surface area contributed by atoms with Crippen molar-refractivity contribution >= 4 is 17.3 Å². The lowest BCUT2D eigenvalue weighted by molar-refractivity contribution is -0.384. The van der Waals surface area contributed by atoms with Crippen molar-refractivity contribution in [2.45, 2.75) is 12.8 Å². The molecular weight excluding hydrogens is 284 g/mol. The minimum absolute atomic E-state index is 0.0504. The van der Waals surface area contributed by atoms with E-state index in [1.165, 1.54) is 18.2 Å². The van der Waals surface area contributed by atoms with Gasteiger partial charge in [-0.3, -0.25) is 14.9 Å². The Morgan fingerprint density at radius 1 is 1.23 bits per heavy atom. The van der Waals surface area contributed by atoms with Gasteiger partial charge in [0.05, 0.1) is 12.0 Å². The van der Waals surface area contributed by atoms with Crippen LogP contribution in [-0.4, -0.2) is 17.9 Å². The van der Waals surface area contributed by atoms with Gasteiger partial charge < -0.3 is 10.1 Å². The van der Waals surface area contributed by atoms with Crippen molar-refractivity contribution in [3.63, 3.8) is 0 Å². The van der Waals surface area contributed by atoms with E-state index in [0.29, 0.717) is 12.1 Å². The molecule has 0 aliphatic carbocycles. The molecule has 6 nitrogen and oxygen atoms in total. The quantitative estimate of drug-likeness (QED) is 0.656. The van der Waals surface area contributed by atoms with E-state index in [2.05, 4.69) is 5.32 Å². The fraction of sp³-hybridized carbons (Fsp3) is 0.188. The fourth-order valence-corrected chi connectivity index (χ4v) is 2.01. The summed E-state index contributed by atoms with van der Waals surface area (Å²) >= 11 is 0. The number of ether oxygens (including phenoxy) is 1. The van der Waals surface area contributed by atoms with Crippen LogP contribution in [0.1, 0.15) is 12.0 Å². The molecule has 2 aromatic rings. The molecule has 0 aliphatic heterocycles. The zero-order chi connectivity index (χ0) is 15.9. The summed E-state index contributed by atoms with van der Waals surface area (Å²) in [5, 5.41) is 13.4. The second-order valence-corrected chi connectivity index (χ2v) is 4.71. The van der Waals surface area contributed by atoms with E-state index >= 15 is 0 Å². The fourth-order valence-electron chi connectivity index (χ4n) is 2.01. The third-order valence-electron chi connectivity index (χ3n) is 3.12. The van der Waals surface area contributed by atoms with Gasteiger partial charge in [-0.15, -0.1) is 0 Å². The maximum atomic E-state index is 11.9. The molecule has 114 valence electrons. The van der Waals surface area contributed by atoms with Gasteiger partial charge in [-0.1, -0.05) is 18.2 Å². The number of anilines is 1. The molecule has 0 bridgehead atoms. The third-order valence-corrected chi connectivity index (χ3v) is 3.12. The number of carbonyl (C=O) groups is 1. The van der Waals surface area contributed by atoms with E-state index < -0.39 is 4.92 Å². The predicted octanol–water partition coefficient (Wildman–Crippen LogP) is 3.17. The highest BCUT2D eigenvalue weighted by atomic mass is 16.6. The number of carbonyl (C=O) groups excluding carboxylic acids is 1. The van der Waals surface area contributed by atoms with Gasteiger partial charge >= 0.3 is 0 Å². The Labute approximate surface area is 127 Å². The minimum atomic E-state index is -0.494. The lowest BCUT2D eigenvalue weighted by Crippen LogP contribution is -2.12. The number of nitrogens with zero attached hydrogens (tertiary/aromatic N) is 1. The van der Waals surface area contributed by atoms with E-state index in [0.717, 1.165) is 11.3 Å². The lowest BCUT2D eigenvalue weighted by atomic mass is 10.1. The van der Waals surface area contributed by atoms with E-state index in [4.69, 9.17) is 4.74 Å². The molecule has 2 aromatic carbocycles. The smallest absolute Gasteiger partial charge is 0.271 e. The van der Waals surface area contributed by atoms with Gasteiger partial charge in [-0.2, -0.15) is 0 Å². The first-order valence-corrected chi connectivity index (χ1v) is 6.76. The van der Waals surface area contributed by atoms with Crippen molar-refractivity contribution in [2.24, 2.45) is 0 Å². The van der Waals surface area contributed by atoms with E-state index in [1.807, 2.05) is 24.3 Å². The van der Waals surface area contributed by atoms with Crippen LogP contribution in [-0.2, 0) is 11.2 Å². The highest BCUT2D eigenvalue weighted by Gasteiger charge is 2.08. The second kappa shape index (κ2) is 7.21. The Bertz CT molecular complexity index is 685. The minimum Gasteiger partial charge on any atom is -0.497 e. The Hall–Kier alpha value is -2.89. The molecule has 0 fully saturated rings. The number of aryl methyl sites for hydroxylation is 1. The number of nitro groups is 1. The van der Waals surface area contributed by atoms with Crippen molar-refractivity contribution < 1.29 is 14.5 Å². The first-order valence-electron chi connectivity index (χ1n) is 6.76. The van der Waals surface area contributed by atoms with E-state index in [9.17, 15) is 14.9 Å². The van der Waals surface area contributed by atoms with Crippen molar-refractivity contribution in [1.29, 1.82) is 0 Å². The molecule has 22 heavy (non-hydrogen) atoms. The van der Waals surface area contributed by atoms with Crippen LogP contribution in [0.2, 0.25) is 0 Å². The van der Waals surface area contributed by atoms with Gasteiger partial charge in [0, 0.05) is 24.2 Å². The molecule has 0 spiro atoms. The third kappa shape index (κ3) is 4.31. The molecule has 0 aliphatic rings. The maximum Gasteiger partial charge on any atom is 0.271 e. The highest BCUT2D eigenvalue weighted by molar-refractivity contribution is 5.91. The van der Waals surface area contributed by atoms with Crippen LogP contribution in [0, 0.1) is 10.1 Å². The summed E-state index contributed by atoms with van der Waals surface area (Å²) in [6.45, 7) is 0. The first-order chi connectivity index (χ1) is 10.6. The van der Waals surface area contributed by atoms with Crippen molar-refractivity contribution in [2.75, 3.05) is 12.4 Å². The van der Waals surface area contributed by atoms with Crippen molar-refractivity contribution in [3.8, 4) is 5.75 Å². The van der Waals surface area contributed by atoms with Gasteiger partial charge in [-0.25, -0.2) is 0 Å². The summed E-state index contributed by atoms with van der Waals surface area (Å²) in [6.07, 6.45) is 0.855. The number of rotatable bonds is 6. The number of nitro benzene ring substituents is 1. The molecule has 0 saturated heterocycles. The molecule has 1 N–H and O–H groups in total. The predicted molar refractivity (Wildman–Crippen MR) is 83.0 cm³/mol. The van der Waals surface area contributed by atoms with Crippen LogP contribution >= 0.6 is 0 Å². The molecule has 0 atom stereocenters. The van der Waals surface area contributed by atoms with Crippen LogP contribution < -0.4 is 10.1 Å². The number of nitrogens with one attached hydrogen (secondary N) is 1. The molecule has 1 amide bonds. The molecule has 0 saturated carbocycles. The normalized spacial score (nSPS) is 10.0. The summed E-state index contributed by atoms with van der Waals surface area (Å²) in [7, 11) is 1.59.